The number of halogens is 1. The van der Waals surface area contributed by atoms with Gasteiger partial charge < -0.3 is 15.3 Å². The number of carboxylic acid groups (broad SMARTS) is 1. The van der Waals surface area contributed by atoms with Crippen LogP contribution < -0.4 is 0 Å². The largest absolute Gasteiger partial charge is 0.481 e. The van der Waals surface area contributed by atoms with Gasteiger partial charge in [0, 0.05) is 33.7 Å². The topological polar surface area (TPSA) is 90.7 Å². The van der Waals surface area contributed by atoms with Gasteiger partial charge in [-0.1, -0.05) is 30.7 Å². The lowest BCUT2D eigenvalue weighted by Crippen LogP contribution is -2.19. The van der Waals surface area contributed by atoms with Crippen molar-refractivity contribution in [1.29, 1.82) is 0 Å². The molecule has 2 aliphatic rings. The van der Waals surface area contributed by atoms with Crippen molar-refractivity contribution in [3.63, 3.8) is 0 Å². The summed E-state index contributed by atoms with van der Waals surface area (Å²) in [5.74, 6) is -1.03. The average molecular weight is 496 g/mol. The fourth-order valence-electron chi connectivity index (χ4n) is 5.10. The molecule has 1 saturated carbocycles. The Kier molecular flexibility index (Phi) is 7.00. The van der Waals surface area contributed by atoms with Crippen LogP contribution in [0.1, 0.15) is 72.6 Å². The minimum atomic E-state index is -1.13. The molecule has 35 heavy (non-hydrogen) atoms. The van der Waals surface area contributed by atoms with E-state index in [0.29, 0.717) is 5.92 Å². The number of rotatable bonds is 8. The van der Waals surface area contributed by atoms with Gasteiger partial charge in [-0.15, -0.1) is 11.3 Å². The lowest BCUT2D eigenvalue weighted by atomic mass is 9.91. The number of benzene rings is 1. The van der Waals surface area contributed by atoms with E-state index >= 15 is 0 Å². The van der Waals surface area contributed by atoms with E-state index < -0.39 is 24.6 Å². The number of hydrogen-bond donors (Lipinski definition) is 3. The van der Waals surface area contributed by atoms with E-state index in [0.717, 1.165) is 64.7 Å². The van der Waals surface area contributed by atoms with Gasteiger partial charge in [0.25, 0.3) is 0 Å². The number of aliphatic hydroxyl groups is 2. The molecule has 5 nitrogen and oxygen atoms in total. The van der Waals surface area contributed by atoms with Gasteiger partial charge in [-0.25, -0.2) is 9.37 Å². The van der Waals surface area contributed by atoms with Crippen molar-refractivity contribution in [3.8, 4) is 11.1 Å². The number of aliphatic hydroxyl groups excluding tert-OH is 2. The molecule has 2 aliphatic carbocycles. The van der Waals surface area contributed by atoms with Crippen molar-refractivity contribution < 1.29 is 24.5 Å². The van der Waals surface area contributed by atoms with E-state index in [9.17, 15) is 19.4 Å². The molecule has 1 aromatic carbocycles. The van der Waals surface area contributed by atoms with Gasteiger partial charge in [-0.3, -0.25) is 4.79 Å². The zero-order valence-electron chi connectivity index (χ0n) is 19.5. The highest BCUT2D eigenvalue weighted by atomic mass is 32.1. The molecule has 0 aliphatic heterocycles. The van der Waals surface area contributed by atoms with Crippen LogP contribution in [0.4, 0.5) is 4.39 Å². The Bertz CT molecular complexity index is 1260. The Morgan fingerprint density at radius 1 is 1.14 bits per heavy atom. The molecule has 0 saturated heterocycles. The van der Waals surface area contributed by atoms with Gasteiger partial charge in [-0.2, -0.15) is 0 Å². The third-order valence-corrected chi connectivity index (χ3v) is 8.11. The fourth-order valence-corrected chi connectivity index (χ4v) is 6.38. The standard InChI is InChI=1S/C28H30FNO4S/c29-18-10-8-16(9-11-18)25-22(13-12-19(31)14-20(32)15-24(33)34)27(17-6-7-17)30-28-26(25)21-4-2-1-3-5-23(21)35-28/h8-13,17,19-20,31-32H,1-7,14-15H2,(H,33,34)/b13-12+. The molecule has 0 amide bonds. The molecule has 2 atom stereocenters. The second-order valence-electron chi connectivity index (χ2n) is 9.73. The molecule has 1 fully saturated rings. The van der Waals surface area contributed by atoms with Gasteiger partial charge in [0.1, 0.15) is 10.6 Å². The average Bonchev–Trinajstić information content (AvgIpc) is 3.62. The minimum absolute atomic E-state index is 0.0586. The first-order valence-electron chi connectivity index (χ1n) is 12.4. The monoisotopic (exact) mass is 495 g/mol. The predicted octanol–water partition coefficient (Wildman–Crippen LogP) is 5.85. The van der Waals surface area contributed by atoms with E-state index in [1.54, 1.807) is 17.4 Å². The molecule has 2 unspecified atom stereocenters. The lowest BCUT2D eigenvalue weighted by Gasteiger charge is -2.16. The van der Waals surface area contributed by atoms with E-state index in [1.807, 2.05) is 18.2 Å². The number of aliphatic carboxylic acids is 1. The van der Waals surface area contributed by atoms with Crippen LogP contribution in [-0.4, -0.2) is 38.5 Å². The third kappa shape index (κ3) is 5.32. The molecule has 3 N–H and O–H groups in total. The van der Waals surface area contributed by atoms with Gasteiger partial charge in [0.05, 0.1) is 24.3 Å². The normalized spacial score (nSPS) is 17.9. The highest BCUT2D eigenvalue weighted by Gasteiger charge is 2.31. The fraction of sp³-hybridized carbons (Fsp3) is 0.429. The zero-order valence-corrected chi connectivity index (χ0v) is 20.4. The van der Waals surface area contributed by atoms with Crippen LogP contribution in [0.15, 0.2) is 30.3 Å². The van der Waals surface area contributed by atoms with Crippen LogP contribution in [0.2, 0.25) is 0 Å². The van der Waals surface area contributed by atoms with E-state index in [2.05, 4.69) is 0 Å². The molecule has 0 spiro atoms. The summed E-state index contributed by atoms with van der Waals surface area (Å²) in [6, 6.07) is 6.58. The van der Waals surface area contributed by atoms with Gasteiger partial charge >= 0.3 is 5.97 Å². The van der Waals surface area contributed by atoms with Gasteiger partial charge in [0.2, 0.25) is 0 Å². The summed E-state index contributed by atoms with van der Waals surface area (Å²) in [5.41, 5.74) is 5.24. The predicted molar refractivity (Wildman–Crippen MR) is 136 cm³/mol. The second kappa shape index (κ2) is 10.2. The van der Waals surface area contributed by atoms with E-state index in [1.165, 1.54) is 35.4 Å². The highest BCUT2D eigenvalue weighted by Crippen LogP contribution is 2.48. The molecule has 5 rings (SSSR count). The number of aromatic nitrogens is 1. The second-order valence-corrected chi connectivity index (χ2v) is 10.8. The molecule has 2 heterocycles. The summed E-state index contributed by atoms with van der Waals surface area (Å²) >= 11 is 1.78. The molecule has 3 aromatic rings. The quantitative estimate of drug-likeness (QED) is 0.341. The zero-order chi connectivity index (χ0) is 24.5. The number of carbonyl (C=O) groups is 1. The van der Waals surface area contributed by atoms with Gasteiger partial charge in [-0.05, 0) is 61.8 Å². The molecular formula is C28H30FNO4S. The van der Waals surface area contributed by atoms with Crippen LogP contribution in [0.5, 0.6) is 0 Å². The Hall–Kier alpha value is -2.61. The van der Waals surface area contributed by atoms with Crippen molar-refractivity contribution in [2.75, 3.05) is 0 Å². The van der Waals surface area contributed by atoms with Crippen LogP contribution in [0, 0.1) is 5.82 Å². The first-order valence-corrected chi connectivity index (χ1v) is 13.2. The Morgan fingerprint density at radius 3 is 2.60 bits per heavy atom. The maximum Gasteiger partial charge on any atom is 0.305 e. The third-order valence-electron chi connectivity index (χ3n) is 6.93. The highest BCUT2D eigenvalue weighted by molar-refractivity contribution is 7.19. The van der Waals surface area contributed by atoms with Crippen LogP contribution in [-0.2, 0) is 17.6 Å². The number of pyridine rings is 1. The number of thiophene rings is 1. The number of hydrogen-bond acceptors (Lipinski definition) is 5. The van der Waals surface area contributed by atoms with Crippen molar-refractivity contribution >= 4 is 33.6 Å². The molecule has 184 valence electrons. The number of carboxylic acids is 1. The lowest BCUT2D eigenvalue weighted by molar-refractivity contribution is -0.139. The Morgan fingerprint density at radius 2 is 1.89 bits per heavy atom. The number of aryl methyl sites for hydroxylation is 2. The minimum Gasteiger partial charge on any atom is -0.481 e. The molecule has 2 aromatic heterocycles. The maximum absolute atomic E-state index is 13.8. The summed E-state index contributed by atoms with van der Waals surface area (Å²) in [4.78, 5) is 18.4. The van der Waals surface area contributed by atoms with Gasteiger partial charge in [0.15, 0.2) is 0 Å². The summed E-state index contributed by atoms with van der Waals surface area (Å²) < 4.78 is 13.8. The number of nitrogens with zero attached hydrogens (tertiary/aromatic N) is 1. The maximum atomic E-state index is 13.8. The van der Waals surface area contributed by atoms with Crippen LogP contribution >= 0.6 is 11.3 Å². The smallest absolute Gasteiger partial charge is 0.305 e. The van der Waals surface area contributed by atoms with E-state index in [4.69, 9.17) is 10.1 Å². The van der Waals surface area contributed by atoms with Crippen LogP contribution in [0.25, 0.3) is 27.4 Å². The Balaban J connectivity index is 1.65. The Labute approximate surface area is 208 Å². The van der Waals surface area contributed by atoms with Crippen molar-refractivity contribution in [2.45, 2.75) is 75.9 Å². The molecule has 0 radical (unpaired) electrons. The summed E-state index contributed by atoms with van der Waals surface area (Å²) in [6.45, 7) is 0. The molecule has 0 bridgehead atoms. The van der Waals surface area contributed by atoms with E-state index in [-0.39, 0.29) is 12.2 Å². The van der Waals surface area contributed by atoms with Crippen LogP contribution in [0.3, 0.4) is 0 Å². The molecule has 7 heteroatoms. The first kappa shape index (κ1) is 24.1. The summed E-state index contributed by atoms with van der Waals surface area (Å²) in [5, 5.41) is 30.5. The summed E-state index contributed by atoms with van der Waals surface area (Å²) in [6.07, 6.45) is 8.62. The summed E-state index contributed by atoms with van der Waals surface area (Å²) in [7, 11) is 0. The SMILES string of the molecule is O=C(O)CC(O)CC(O)/C=C/c1c(C2CC2)nc2sc3c(c2c1-c1ccc(F)cc1)CCCCC3. The molecular weight excluding hydrogens is 465 g/mol. The van der Waals surface area contributed by atoms with Crippen molar-refractivity contribution in [2.24, 2.45) is 0 Å². The first-order chi connectivity index (χ1) is 16.9. The van der Waals surface area contributed by atoms with Crippen molar-refractivity contribution in [1.82, 2.24) is 4.98 Å². The number of fused-ring (bicyclic) bond motifs is 3. The van der Waals surface area contributed by atoms with Crippen molar-refractivity contribution in [3.05, 3.63) is 57.9 Å².